The lowest BCUT2D eigenvalue weighted by Crippen LogP contribution is -2.43. The summed E-state index contributed by atoms with van der Waals surface area (Å²) in [6, 6.07) is 12.3. The summed E-state index contributed by atoms with van der Waals surface area (Å²) < 4.78 is 41.0. The summed E-state index contributed by atoms with van der Waals surface area (Å²) in [4.78, 5) is 12.9. The van der Waals surface area contributed by atoms with E-state index < -0.39 is 15.8 Å². The molecule has 0 radical (unpaired) electrons. The van der Waals surface area contributed by atoms with Gasteiger partial charge in [-0.3, -0.25) is 4.79 Å². The van der Waals surface area contributed by atoms with E-state index in [2.05, 4.69) is 5.32 Å². The Kier molecular flexibility index (Phi) is 7.61. The smallest absolute Gasteiger partial charge is 0.243 e. The van der Waals surface area contributed by atoms with Gasteiger partial charge in [0.1, 0.15) is 5.82 Å². The summed E-state index contributed by atoms with van der Waals surface area (Å²) in [7, 11) is -3.89. The van der Waals surface area contributed by atoms with Crippen molar-refractivity contribution in [2.24, 2.45) is 0 Å². The van der Waals surface area contributed by atoms with Crippen molar-refractivity contribution in [2.75, 3.05) is 6.54 Å². The van der Waals surface area contributed by atoms with Crippen LogP contribution in [0.15, 0.2) is 53.4 Å². The molecular formula is C23H29FN2O3S. The van der Waals surface area contributed by atoms with E-state index in [1.165, 1.54) is 37.1 Å². The van der Waals surface area contributed by atoms with Gasteiger partial charge < -0.3 is 5.32 Å². The SMILES string of the molecule is Cc1ccc(S(=O)(=O)N(CC(=O)NC2CCCCCC2)Cc2ccc(F)cc2)cc1. The number of halogens is 1. The van der Waals surface area contributed by atoms with E-state index in [0.717, 1.165) is 35.6 Å². The Balaban J connectivity index is 1.80. The van der Waals surface area contributed by atoms with Gasteiger partial charge in [0.05, 0.1) is 11.4 Å². The number of nitrogens with one attached hydrogen (secondary N) is 1. The number of nitrogens with zero attached hydrogens (tertiary/aromatic N) is 1. The molecule has 1 amide bonds. The van der Waals surface area contributed by atoms with Crippen molar-refractivity contribution in [1.82, 2.24) is 9.62 Å². The van der Waals surface area contributed by atoms with E-state index in [0.29, 0.717) is 5.56 Å². The zero-order chi connectivity index (χ0) is 21.6. The van der Waals surface area contributed by atoms with Crippen LogP contribution in [0.5, 0.6) is 0 Å². The second-order valence-electron chi connectivity index (χ2n) is 7.97. The lowest BCUT2D eigenvalue weighted by Gasteiger charge is -2.24. The second kappa shape index (κ2) is 10.2. The molecule has 30 heavy (non-hydrogen) atoms. The molecule has 0 heterocycles. The molecule has 1 aliphatic carbocycles. The van der Waals surface area contributed by atoms with E-state index >= 15 is 0 Å². The second-order valence-corrected chi connectivity index (χ2v) is 9.91. The molecule has 3 rings (SSSR count). The lowest BCUT2D eigenvalue weighted by atomic mass is 10.1. The van der Waals surface area contributed by atoms with Crippen LogP contribution in [-0.4, -0.2) is 31.2 Å². The third-order valence-electron chi connectivity index (χ3n) is 5.47. The number of hydrogen-bond donors (Lipinski definition) is 1. The zero-order valence-corrected chi connectivity index (χ0v) is 18.1. The number of carbonyl (C=O) groups is 1. The molecule has 0 aromatic heterocycles. The summed E-state index contributed by atoms with van der Waals surface area (Å²) >= 11 is 0. The van der Waals surface area contributed by atoms with Gasteiger partial charge in [0.15, 0.2) is 0 Å². The Labute approximate surface area is 178 Å². The molecule has 1 aliphatic rings. The van der Waals surface area contributed by atoms with Crippen LogP contribution in [0.3, 0.4) is 0 Å². The molecule has 1 saturated carbocycles. The minimum atomic E-state index is -3.89. The van der Waals surface area contributed by atoms with Crippen LogP contribution in [0.2, 0.25) is 0 Å². The van der Waals surface area contributed by atoms with Crippen molar-refractivity contribution in [2.45, 2.75) is 62.9 Å². The maximum atomic E-state index is 13.3. The summed E-state index contributed by atoms with van der Waals surface area (Å²) in [5, 5.41) is 3.01. The van der Waals surface area contributed by atoms with Gasteiger partial charge in [-0.2, -0.15) is 4.31 Å². The van der Waals surface area contributed by atoms with Gasteiger partial charge in [0.25, 0.3) is 0 Å². The first-order valence-electron chi connectivity index (χ1n) is 10.5. The predicted octanol–water partition coefficient (Wildman–Crippen LogP) is 4.16. The summed E-state index contributed by atoms with van der Waals surface area (Å²) in [5.41, 5.74) is 1.57. The van der Waals surface area contributed by atoms with Crippen LogP contribution in [-0.2, 0) is 21.4 Å². The van der Waals surface area contributed by atoms with Crippen molar-refractivity contribution < 1.29 is 17.6 Å². The number of sulfonamides is 1. The van der Waals surface area contributed by atoms with Gasteiger partial charge in [-0.1, -0.05) is 55.5 Å². The van der Waals surface area contributed by atoms with Crippen molar-refractivity contribution >= 4 is 15.9 Å². The minimum Gasteiger partial charge on any atom is -0.352 e. The number of hydrogen-bond acceptors (Lipinski definition) is 3. The van der Waals surface area contributed by atoms with Crippen LogP contribution >= 0.6 is 0 Å². The minimum absolute atomic E-state index is 0.00538. The molecular weight excluding hydrogens is 403 g/mol. The summed E-state index contributed by atoms with van der Waals surface area (Å²) in [5.74, 6) is -0.697. The molecule has 0 bridgehead atoms. The molecule has 7 heteroatoms. The van der Waals surface area contributed by atoms with E-state index in [1.807, 2.05) is 6.92 Å². The van der Waals surface area contributed by atoms with Crippen LogP contribution in [0.4, 0.5) is 4.39 Å². The first kappa shape index (κ1) is 22.4. The van der Waals surface area contributed by atoms with Crippen LogP contribution in [0.1, 0.15) is 49.7 Å². The molecule has 2 aromatic carbocycles. The van der Waals surface area contributed by atoms with Gasteiger partial charge in [-0.05, 0) is 49.6 Å². The number of aryl methyl sites for hydroxylation is 1. The van der Waals surface area contributed by atoms with Gasteiger partial charge >= 0.3 is 0 Å². The van der Waals surface area contributed by atoms with Gasteiger partial charge in [0.2, 0.25) is 15.9 Å². The Morgan fingerprint density at radius 1 is 1.00 bits per heavy atom. The van der Waals surface area contributed by atoms with E-state index in [-0.39, 0.29) is 29.9 Å². The summed E-state index contributed by atoms with van der Waals surface area (Å²) in [6.45, 7) is 1.60. The van der Waals surface area contributed by atoms with Crippen molar-refractivity contribution in [1.29, 1.82) is 0 Å². The number of rotatable bonds is 7. The van der Waals surface area contributed by atoms with Crippen molar-refractivity contribution in [3.05, 3.63) is 65.5 Å². The standard InChI is InChI=1S/C23H29FN2O3S/c1-18-8-14-22(15-9-18)30(28,29)26(16-19-10-12-20(24)13-11-19)17-23(27)25-21-6-4-2-3-5-7-21/h8-15,21H,2-7,16-17H2,1H3,(H,25,27). The van der Waals surface area contributed by atoms with E-state index in [1.54, 1.807) is 24.3 Å². The Morgan fingerprint density at radius 2 is 1.60 bits per heavy atom. The van der Waals surface area contributed by atoms with Crippen LogP contribution in [0.25, 0.3) is 0 Å². The number of carbonyl (C=O) groups excluding carboxylic acids is 1. The monoisotopic (exact) mass is 432 g/mol. The van der Waals surface area contributed by atoms with E-state index in [4.69, 9.17) is 0 Å². The third kappa shape index (κ3) is 6.12. The molecule has 0 saturated heterocycles. The fourth-order valence-electron chi connectivity index (χ4n) is 3.74. The van der Waals surface area contributed by atoms with Gasteiger partial charge in [0, 0.05) is 12.6 Å². The lowest BCUT2D eigenvalue weighted by molar-refractivity contribution is -0.122. The Bertz CT molecular complexity index is 935. The van der Waals surface area contributed by atoms with Crippen LogP contribution < -0.4 is 5.32 Å². The van der Waals surface area contributed by atoms with Crippen molar-refractivity contribution in [3.63, 3.8) is 0 Å². The molecule has 1 N–H and O–H groups in total. The first-order chi connectivity index (χ1) is 14.3. The molecule has 0 atom stereocenters. The maximum Gasteiger partial charge on any atom is 0.243 e. The van der Waals surface area contributed by atoms with E-state index in [9.17, 15) is 17.6 Å². The van der Waals surface area contributed by atoms with Gasteiger partial charge in [-0.15, -0.1) is 0 Å². The largest absolute Gasteiger partial charge is 0.352 e. The quantitative estimate of drug-likeness (QED) is 0.668. The van der Waals surface area contributed by atoms with Crippen LogP contribution in [0, 0.1) is 12.7 Å². The highest BCUT2D eigenvalue weighted by atomic mass is 32.2. The van der Waals surface area contributed by atoms with Gasteiger partial charge in [-0.25, -0.2) is 12.8 Å². The molecule has 162 valence electrons. The fourth-order valence-corrected chi connectivity index (χ4v) is 5.12. The predicted molar refractivity (Wildman–Crippen MR) is 115 cm³/mol. The molecule has 1 fully saturated rings. The highest BCUT2D eigenvalue weighted by molar-refractivity contribution is 7.89. The summed E-state index contributed by atoms with van der Waals surface area (Å²) in [6.07, 6.45) is 6.34. The molecule has 0 aliphatic heterocycles. The maximum absolute atomic E-state index is 13.3. The fraction of sp³-hybridized carbons (Fsp3) is 0.435. The molecule has 5 nitrogen and oxygen atoms in total. The number of benzene rings is 2. The normalized spacial score (nSPS) is 15.7. The average Bonchev–Trinajstić information content (AvgIpc) is 2.98. The Morgan fingerprint density at radius 3 is 2.20 bits per heavy atom. The highest BCUT2D eigenvalue weighted by Gasteiger charge is 2.28. The van der Waals surface area contributed by atoms with Crippen molar-refractivity contribution in [3.8, 4) is 0 Å². The number of amides is 1. The topological polar surface area (TPSA) is 66.5 Å². The Hall–Kier alpha value is -2.25. The third-order valence-corrected chi connectivity index (χ3v) is 7.28. The average molecular weight is 433 g/mol. The zero-order valence-electron chi connectivity index (χ0n) is 17.3. The molecule has 2 aromatic rings. The molecule has 0 spiro atoms. The first-order valence-corrected chi connectivity index (χ1v) is 11.9. The molecule has 0 unspecified atom stereocenters. The highest BCUT2D eigenvalue weighted by Crippen LogP contribution is 2.20.